The predicted octanol–water partition coefficient (Wildman–Crippen LogP) is 4.26. The smallest absolute Gasteiger partial charge is 0.305 e. The van der Waals surface area contributed by atoms with Crippen molar-refractivity contribution in [3.63, 3.8) is 0 Å². The molecule has 0 saturated heterocycles. The minimum atomic E-state index is -0.210. The van der Waals surface area contributed by atoms with Gasteiger partial charge in [0.1, 0.15) is 13.2 Å². The third-order valence-electron chi connectivity index (χ3n) is 3.65. The molecular weight excluding hydrogens is 304 g/mol. The van der Waals surface area contributed by atoms with Crippen LogP contribution in [-0.4, -0.2) is 11.9 Å². The van der Waals surface area contributed by atoms with Gasteiger partial charge in [0.05, 0.1) is 0 Å². The first-order chi connectivity index (χ1) is 11.6. The Kier molecular flexibility index (Phi) is 6.55. The molecule has 0 spiro atoms. The van der Waals surface area contributed by atoms with Crippen molar-refractivity contribution in [3.05, 3.63) is 59.7 Å². The van der Waals surface area contributed by atoms with E-state index in [4.69, 9.17) is 9.47 Å². The van der Waals surface area contributed by atoms with Crippen LogP contribution >= 0.6 is 0 Å². The normalized spacial score (nSPS) is 10.2. The Bertz CT molecular complexity index is 689. The van der Waals surface area contributed by atoms with E-state index in [1.165, 1.54) is 0 Å². The van der Waals surface area contributed by atoms with E-state index in [-0.39, 0.29) is 25.2 Å². The van der Waals surface area contributed by atoms with Gasteiger partial charge < -0.3 is 9.47 Å². The van der Waals surface area contributed by atoms with E-state index in [0.717, 1.165) is 22.3 Å². The maximum atomic E-state index is 11.4. The summed E-state index contributed by atoms with van der Waals surface area (Å²) in [5, 5.41) is 0. The molecule has 24 heavy (non-hydrogen) atoms. The van der Waals surface area contributed by atoms with Crippen molar-refractivity contribution in [2.45, 2.75) is 39.9 Å². The number of hydrogen-bond donors (Lipinski definition) is 0. The number of carbonyl (C=O) groups is 2. The summed E-state index contributed by atoms with van der Waals surface area (Å²) in [4.78, 5) is 22.6. The Balaban J connectivity index is 2.11. The topological polar surface area (TPSA) is 52.6 Å². The summed E-state index contributed by atoms with van der Waals surface area (Å²) in [6, 6.07) is 15.7. The van der Waals surface area contributed by atoms with Crippen LogP contribution in [0.5, 0.6) is 0 Å². The molecule has 0 aliphatic heterocycles. The van der Waals surface area contributed by atoms with Crippen molar-refractivity contribution in [1.82, 2.24) is 0 Å². The van der Waals surface area contributed by atoms with Crippen LogP contribution < -0.4 is 0 Å². The van der Waals surface area contributed by atoms with Crippen LogP contribution in [-0.2, 0) is 32.3 Å². The van der Waals surface area contributed by atoms with Crippen LogP contribution in [0.25, 0.3) is 11.1 Å². The molecule has 0 aromatic heterocycles. The predicted molar refractivity (Wildman–Crippen MR) is 92.1 cm³/mol. The molecule has 0 radical (unpaired) electrons. The van der Waals surface area contributed by atoms with Crippen LogP contribution in [0.2, 0.25) is 0 Å². The summed E-state index contributed by atoms with van der Waals surface area (Å²) in [5.74, 6) is -0.417. The summed E-state index contributed by atoms with van der Waals surface area (Å²) in [7, 11) is 0. The number of esters is 2. The lowest BCUT2D eigenvalue weighted by molar-refractivity contribution is -0.145. The average Bonchev–Trinajstić information content (AvgIpc) is 2.64. The monoisotopic (exact) mass is 326 g/mol. The summed E-state index contributed by atoms with van der Waals surface area (Å²) < 4.78 is 10.4. The molecule has 0 unspecified atom stereocenters. The van der Waals surface area contributed by atoms with Gasteiger partial charge in [-0.1, -0.05) is 62.4 Å². The standard InChI is InChI=1S/C20H22O4/c1-3-19(21)23-13-15-9-11-16(12-10-15)18-8-6-5-7-17(18)14-24-20(22)4-2/h5-12H,3-4,13-14H2,1-2H3. The molecular formula is C20H22O4. The fourth-order valence-corrected chi connectivity index (χ4v) is 2.23. The Morgan fingerprint density at radius 1 is 0.792 bits per heavy atom. The van der Waals surface area contributed by atoms with Gasteiger partial charge in [-0.3, -0.25) is 9.59 Å². The van der Waals surface area contributed by atoms with E-state index < -0.39 is 0 Å². The van der Waals surface area contributed by atoms with Crippen LogP contribution in [0.1, 0.15) is 37.8 Å². The highest BCUT2D eigenvalue weighted by Crippen LogP contribution is 2.25. The zero-order valence-corrected chi connectivity index (χ0v) is 14.1. The maximum absolute atomic E-state index is 11.4. The van der Waals surface area contributed by atoms with Crippen molar-refractivity contribution < 1.29 is 19.1 Å². The maximum Gasteiger partial charge on any atom is 0.305 e. The van der Waals surface area contributed by atoms with Gasteiger partial charge in [-0.2, -0.15) is 0 Å². The Labute approximate surface area is 142 Å². The summed E-state index contributed by atoms with van der Waals surface area (Å²) in [6.45, 7) is 4.09. The second-order valence-corrected chi connectivity index (χ2v) is 5.38. The van der Waals surface area contributed by atoms with Crippen molar-refractivity contribution in [2.24, 2.45) is 0 Å². The van der Waals surface area contributed by atoms with Crippen molar-refractivity contribution in [1.29, 1.82) is 0 Å². The third-order valence-corrected chi connectivity index (χ3v) is 3.65. The first-order valence-electron chi connectivity index (χ1n) is 8.12. The molecule has 0 aliphatic rings. The second kappa shape index (κ2) is 8.87. The molecule has 2 aromatic carbocycles. The second-order valence-electron chi connectivity index (χ2n) is 5.38. The highest BCUT2D eigenvalue weighted by molar-refractivity contribution is 5.71. The van der Waals surface area contributed by atoms with Crippen LogP contribution in [0.4, 0.5) is 0 Å². The molecule has 0 bridgehead atoms. The summed E-state index contributed by atoms with van der Waals surface area (Å²) in [5.41, 5.74) is 3.96. The van der Waals surface area contributed by atoms with Gasteiger partial charge in [-0.15, -0.1) is 0 Å². The molecule has 4 heteroatoms. The number of carbonyl (C=O) groups excluding carboxylic acids is 2. The molecule has 0 saturated carbocycles. The lowest BCUT2D eigenvalue weighted by Crippen LogP contribution is -2.03. The third kappa shape index (κ3) is 4.95. The summed E-state index contributed by atoms with van der Waals surface area (Å²) >= 11 is 0. The van der Waals surface area contributed by atoms with Crippen LogP contribution in [0.3, 0.4) is 0 Å². The molecule has 0 aliphatic carbocycles. The lowest BCUT2D eigenvalue weighted by atomic mass is 9.99. The van der Waals surface area contributed by atoms with E-state index in [1.54, 1.807) is 13.8 Å². The molecule has 4 nitrogen and oxygen atoms in total. The molecule has 2 rings (SSSR count). The lowest BCUT2D eigenvalue weighted by Gasteiger charge is -2.11. The fraction of sp³-hybridized carbons (Fsp3) is 0.300. The minimum absolute atomic E-state index is 0.206. The van der Waals surface area contributed by atoms with Gasteiger partial charge in [-0.05, 0) is 22.3 Å². The van der Waals surface area contributed by atoms with Crippen LogP contribution in [0.15, 0.2) is 48.5 Å². The van der Waals surface area contributed by atoms with Crippen molar-refractivity contribution >= 4 is 11.9 Å². The van der Waals surface area contributed by atoms with Crippen LogP contribution in [0, 0.1) is 0 Å². The zero-order valence-electron chi connectivity index (χ0n) is 14.1. The molecule has 0 N–H and O–H groups in total. The number of hydrogen-bond acceptors (Lipinski definition) is 4. The van der Waals surface area contributed by atoms with E-state index in [9.17, 15) is 9.59 Å². The van der Waals surface area contributed by atoms with Crippen molar-refractivity contribution in [2.75, 3.05) is 0 Å². The first-order valence-corrected chi connectivity index (χ1v) is 8.12. The quantitative estimate of drug-likeness (QED) is 0.713. The molecule has 0 heterocycles. The molecule has 2 aromatic rings. The number of ether oxygens (including phenoxy) is 2. The average molecular weight is 326 g/mol. The van der Waals surface area contributed by atoms with E-state index >= 15 is 0 Å². The van der Waals surface area contributed by atoms with Gasteiger partial charge in [0.2, 0.25) is 0 Å². The number of benzene rings is 2. The van der Waals surface area contributed by atoms with Gasteiger partial charge >= 0.3 is 11.9 Å². The van der Waals surface area contributed by atoms with E-state index in [1.807, 2.05) is 48.5 Å². The molecule has 0 atom stereocenters. The Hall–Kier alpha value is -2.62. The highest BCUT2D eigenvalue weighted by atomic mass is 16.5. The van der Waals surface area contributed by atoms with E-state index in [2.05, 4.69) is 0 Å². The SMILES string of the molecule is CCC(=O)OCc1ccc(-c2ccccc2COC(=O)CC)cc1. The minimum Gasteiger partial charge on any atom is -0.461 e. The number of rotatable bonds is 7. The van der Waals surface area contributed by atoms with Gasteiger partial charge in [0, 0.05) is 12.8 Å². The van der Waals surface area contributed by atoms with Crippen molar-refractivity contribution in [3.8, 4) is 11.1 Å². The van der Waals surface area contributed by atoms with Gasteiger partial charge in [0.15, 0.2) is 0 Å². The van der Waals surface area contributed by atoms with Gasteiger partial charge in [0.25, 0.3) is 0 Å². The molecule has 126 valence electrons. The fourth-order valence-electron chi connectivity index (χ4n) is 2.23. The largest absolute Gasteiger partial charge is 0.461 e. The molecule has 0 fully saturated rings. The van der Waals surface area contributed by atoms with Gasteiger partial charge in [-0.25, -0.2) is 0 Å². The zero-order chi connectivity index (χ0) is 17.4. The summed E-state index contributed by atoms with van der Waals surface area (Å²) in [6.07, 6.45) is 0.745. The first kappa shape index (κ1) is 17.7. The molecule has 0 amide bonds. The Morgan fingerprint density at radius 3 is 2.00 bits per heavy atom. The highest BCUT2D eigenvalue weighted by Gasteiger charge is 2.07. The van der Waals surface area contributed by atoms with E-state index in [0.29, 0.717) is 12.8 Å². The Morgan fingerprint density at radius 2 is 1.38 bits per heavy atom.